The molecule has 1 saturated carbocycles. The third-order valence-electron chi connectivity index (χ3n) is 5.24. The quantitative estimate of drug-likeness (QED) is 0.608. The van der Waals surface area contributed by atoms with Gasteiger partial charge in [0.1, 0.15) is 0 Å². The molecule has 0 amide bonds. The van der Waals surface area contributed by atoms with Crippen molar-refractivity contribution >= 4 is 31.8 Å². The van der Waals surface area contributed by atoms with Gasteiger partial charge in [0.15, 0.2) is 8.32 Å². The van der Waals surface area contributed by atoms with Crippen LogP contribution in [0, 0.1) is 5.92 Å². The van der Waals surface area contributed by atoms with E-state index in [0.717, 1.165) is 24.8 Å². The maximum atomic E-state index is 10.5. The zero-order valence-corrected chi connectivity index (χ0v) is 15.7. The summed E-state index contributed by atoms with van der Waals surface area (Å²) in [5.41, 5.74) is 0.995. The lowest BCUT2D eigenvalue weighted by molar-refractivity contribution is 0.152. The predicted octanol–water partition coefficient (Wildman–Crippen LogP) is 3.86. The van der Waals surface area contributed by atoms with Gasteiger partial charge in [-0.2, -0.15) is 0 Å². The van der Waals surface area contributed by atoms with E-state index in [1.54, 1.807) is 0 Å². The van der Waals surface area contributed by atoms with Gasteiger partial charge in [-0.05, 0) is 42.5 Å². The molecule has 1 aliphatic carbocycles. The Balaban J connectivity index is 2.15. The fraction of sp³-hybridized carbons (Fsp3) is 0.867. The molecule has 2 N–H and O–H groups in total. The van der Waals surface area contributed by atoms with Gasteiger partial charge in [-0.25, -0.2) is 0 Å². The monoisotopic (exact) mass is 332 g/mol. The lowest BCUT2D eigenvalue weighted by atomic mass is 9.78. The van der Waals surface area contributed by atoms with Gasteiger partial charge >= 0.3 is 0 Å². The minimum atomic E-state index is -2.21. The highest BCUT2D eigenvalue weighted by molar-refractivity contribution is 8.21. The smallest absolute Gasteiger partial charge is 0.188 e. The average molecular weight is 333 g/mol. The fourth-order valence-corrected chi connectivity index (χ4v) is 7.27. The summed E-state index contributed by atoms with van der Waals surface area (Å²) in [6.45, 7) is 12.5. The summed E-state index contributed by atoms with van der Waals surface area (Å²) in [6.07, 6.45) is 2.53. The van der Waals surface area contributed by atoms with Crippen LogP contribution >= 0.6 is 23.5 Å². The molecular weight excluding hydrogens is 304 g/mol. The number of thioether (sulfide) groups is 2. The average Bonchev–Trinajstić information content (AvgIpc) is 2.72. The molecule has 20 heavy (non-hydrogen) atoms. The molecule has 1 heterocycles. The third-order valence-corrected chi connectivity index (χ3v) is 12.3. The number of aliphatic hydroxyl groups excluding tert-OH is 1. The highest BCUT2D eigenvalue weighted by Crippen LogP contribution is 2.57. The minimum Gasteiger partial charge on any atom is -0.432 e. The molecule has 1 aliphatic heterocycles. The van der Waals surface area contributed by atoms with Crippen molar-refractivity contribution < 1.29 is 9.90 Å². The molecule has 0 radical (unpaired) electrons. The van der Waals surface area contributed by atoms with E-state index in [-0.39, 0.29) is 15.2 Å². The van der Waals surface area contributed by atoms with Gasteiger partial charge in [-0.3, -0.25) is 0 Å². The van der Waals surface area contributed by atoms with Crippen LogP contribution in [0.15, 0.2) is 12.2 Å². The largest absolute Gasteiger partial charge is 0.432 e. The van der Waals surface area contributed by atoms with Crippen LogP contribution < -0.4 is 0 Å². The van der Waals surface area contributed by atoms with Crippen LogP contribution in [0.25, 0.3) is 0 Å². The number of rotatable bonds is 3. The molecule has 2 fully saturated rings. The Morgan fingerprint density at radius 3 is 2.35 bits per heavy atom. The standard InChI is InChI=1S/C15H28O2S2Si/c1-11-12(8-14(2,3)20(4,5)17)9-15(10-13(11)16)18-6-7-19-15/h12-13,16-17H,1,6-10H2,2-5H3/t12-,13-/m1/s1. The SMILES string of the molecule is C=C1[C@H](CC(C)(C)[Si](C)(C)O)CC2(C[C@H]1O)SCCS2. The first-order chi connectivity index (χ1) is 9.06. The van der Waals surface area contributed by atoms with Crippen LogP contribution in [0.4, 0.5) is 0 Å². The van der Waals surface area contributed by atoms with Crippen molar-refractivity contribution in [1.29, 1.82) is 0 Å². The van der Waals surface area contributed by atoms with Gasteiger partial charge in [0.05, 0.1) is 10.2 Å². The van der Waals surface area contributed by atoms with E-state index < -0.39 is 8.32 Å². The minimum absolute atomic E-state index is 0.0488. The summed E-state index contributed by atoms with van der Waals surface area (Å²) in [5, 5.41) is 10.3. The van der Waals surface area contributed by atoms with Crippen LogP contribution in [0.5, 0.6) is 0 Å². The van der Waals surface area contributed by atoms with Gasteiger partial charge in [0, 0.05) is 17.9 Å². The summed E-state index contributed by atoms with van der Waals surface area (Å²) in [5.74, 6) is 2.73. The van der Waals surface area contributed by atoms with Crippen molar-refractivity contribution in [3.63, 3.8) is 0 Å². The van der Waals surface area contributed by atoms with E-state index in [9.17, 15) is 9.90 Å². The van der Waals surface area contributed by atoms with Gasteiger partial charge in [-0.1, -0.05) is 20.4 Å². The van der Waals surface area contributed by atoms with E-state index in [1.807, 2.05) is 36.6 Å². The van der Waals surface area contributed by atoms with Crippen LogP contribution in [0.2, 0.25) is 18.1 Å². The van der Waals surface area contributed by atoms with Crippen LogP contribution in [-0.2, 0) is 0 Å². The normalized spacial score (nSPS) is 31.0. The Bertz CT molecular complexity index is 384. The molecule has 2 atom stereocenters. The van der Waals surface area contributed by atoms with E-state index >= 15 is 0 Å². The number of aliphatic hydroxyl groups is 1. The van der Waals surface area contributed by atoms with E-state index in [4.69, 9.17) is 0 Å². The van der Waals surface area contributed by atoms with E-state index in [0.29, 0.717) is 5.92 Å². The van der Waals surface area contributed by atoms with Gasteiger partial charge < -0.3 is 9.90 Å². The zero-order chi connectivity index (χ0) is 15.2. The first-order valence-corrected chi connectivity index (χ1v) is 12.4. The highest BCUT2D eigenvalue weighted by atomic mass is 32.2. The van der Waals surface area contributed by atoms with Crippen molar-refractivity contribution in [1.82, 2.24) is 0 Å². The Kier molecular flexibility index (Phi) is 4.79. The first-order valence-electron chi connectivity index (χ1n) is 7.43. The second-order valence-corrected chi connectivity index (χ2v) is 15.1. The molecular formula is C15H28O2S2Si. The van der Waals surface area contributed by atoms with Crippen molar-refractivity contribution in [3.8, 4) is 0 Å². The van der Waals surface area contributed by atoms with Gasteiger partial charge in [-0.15, -0.1) is 23.5 Å². The van der Waals surface area contributed by atoms with Crippen molar-refractivity contribution in [2.75, 3.05) is 11.5 Å². The van der Waals surface area contributed by atoms with Crippen LogP contribution in [0.3, 0.4) is 0 Å². The van der Waals surface area contributed by atoms with E-state index in [2.05, 4.69) is 20.4 Å². The number of hydrogen-bond donors (Lipinski definition) is 2. The lowest BCUT2D eigenvalue weighted by Gasteiger charge is -2.45. The molecule has 2 rings (SSSR count). The Hall–Kier alpha value is 0.577. The van der Waals surface area contributed by atoms with Crippen LogP contribution in [0.1, 0.15) is 33.1 Å². The predicted molar refractivity (Wildman–Crippen MR) is 93.9 cm³/mol. The highest BCUT2D eigenvalue weighted by Gasteiger charge is 2.48. The molecule has 2 nitrogen and oxygen atoms in total. The molecule has 0 aromatic heterocycles. The second kappa shape index (κ2) is 5.65. The van der Waals surface area contributed by atoms with Gasteiger partial charge in [0.2, 0.25) is 0 Å². The van der Waals surface area contributed by atoms with Crippen molar-refractivity contribution in [2.45, 2.75) is 61.4 Å². The van der Waals surface area contributed by atoms with Crippen molar-refractivity contribution in [2.24, 2.45) is 5.92 Å². The number of hydrogen-bond acceptors (Lipinski definition) is 4. The molecule has 0 unspecified atom stereocenters. The lowest BCUT2D eigenvalue weighted by Crippen LogP contribution is -2.43. The maximum absolute atomic E-state index is 10.5. The van der Waals surface area contributed by atoms with E-state index in [1.165, 1.54) is 11.5 Å². The zero-order valence-electron chi connectivity index (χ0n) is 13.1. The Morgan fingerprint density at radius 1 is 1.30 bits per heavy atom. The molecule has 2 aliphatic rings. The first kappa shape index (κ1) is 16.9. The summed E-state index contributed by atoms with van der Waals surface area (Å²) in [7, 11) is -2.21. The fourth-order valence-electron chi connectivity index (χ4n) is 3.09. The van der Waals surface area contributed by atoms with Crippen molar-refractivity contribution in [3.05, 3.63) is 12.2 Å². The summed E-state index contributed by atoms with van der Waals surface area (Å²) in [4.78, 5) is 10.5. The topological polar surface area (TPSA) is 40.5 Å². The summed E-state index contributed by atoms with van der Waals surface area (Å²) < 4.78 is 0.197. The molecule has 0 aromatic carbocycles. The molecule has 1 saturated heterocycles. The Morgan fingerprint density at radius 2 is 1.85 bits per heavy atom. The third kappa shape index (κ3) is 3.32. The Labute approximate surface area is 132 Å². The molecule has 0 bridgehead atoms. The maximum Gasteiger partial charge on any atom is 0.188 e. The van der Waals surface area contributed by atoms with Crippen LogP contribution in [-0.4, -0.2) is 39.9 Å². The summed E-state index contributed by atoms with van der Waals surface area (Å²) in [6, 6.07) is 0. The van der Waals surface area contributed by atoms with Gasteiger partial charge in [0.25, 0.3) is 0 Å². The molecule has 5 heteroatoms. The molecule has 0 aromatic rings. The summed E-state index contributed by atoms with van der Waals surface area (Å²) >= 11 is 4.04. The second-order valence-electron chi connectivity index (χ2n) is 7.45. The molecule has 1 spiro atoms. The molecule has 116 valence electrons.